The highest BCUT2D eigenvalue weighted by atomic mass is 35.5. The van der Waals surface area contributed by atoms with Crippen LogP contribution in [0.25, 0.3) is 0 Å². The van der Waals surface area contributed by atoms with Gasteiger partial charge in [0, 0.05) is 5.92 Å². The minimum absolute atomic E-state index is 0.293. The van der Waals surface area contributed by atoms with Crippen molar-refractivity contribution in [1.29, 1.82) is 0 Å². The molecule has 0 fully saturated rings. The van der Waals surface area contributed by atoms with E-state index < -0.39 is 5.00 Å². The third kappa shape index (κ3) is 2.31. The van der Waals surface area contributed by atoms with Gasteiger partial charge in [0.2, 0.25) is 0 Å². The van der Waals surface area contributed by atoms with Crippen molar-refractivity contribution in [2.45, 2.75) is 17.8 Å². The highest BCUT2D eigenvalue weighted by Crippen LogP contribution is 2.28. The summed E-state index contributed by atoms with van der Waals surface area (Å²) in [5.74, 6) is 0.293. The van der Waals surface area contributed by atoms with E-state index in [1.54, 1.807) is 0 Å². The van der Waals surface area contributed by atoms with Gasteiger partial charge in [-0.3, -0.25) is 0 Å². The Hall–Kier alpha value is -1.05. The van der Waals surface area contributed by atoms with E-state index in [-0.39, 0.29) is 0 Å². The molecule has 0 bridgehead atoms. The molecular weight excluding hydrogens is 206 g/mol. The summed E-state index contributed by atoms with van der Waals surface area (Å²) in [5.41, 5.74) is 8.34. The molecule has 2 N–H and O–H groups in total. The molecule has 0 unspecified atom stereocenters. The summed E-state index contributed by atoms with van der Waals surface area (Å²) in [7, 11) is 0. The summed E-state index contributed by atoms with van der Waals surface area (Å²) >= 11 is 5.97. The van der Waals surface area contributed by atoms with E-state index in [1.807, 2.05) is 18.2 Å². The van der Waals surface area contributed by atoms with Gasteiger partial charge >= 0.3 is 0 Å². The second-order valence-corrected chi connectivity index (χ2v) is 4.58. The van der Waals surface area contributed by atoms with Crippen molar-refractivity contribution in [1.82, 2.24) is 0 Å². The van der Waals surface area contributed by atoms with E-state index in [0.717, 1.165) is 0 Å². The van der Waals surface area contributed by atoms with Gasteiger partial charge in [0.15, 0.2) is 0 Å². The fraction of sp³-hybridized carbons (Fsp3) is 0.231. The second kappa shape index (κ2) is 3.84. The molecule has 0 saturated heterocycles. The molecule has 0 aromatic heterocycles. The van der Waals surface area contributed by atoms with Gasteiger partial charge in [0.1, 0.15) is 5.00 Å². The van der Waals surface area contributed by atoms with Crippen molar-refractivity contribution in [2.75, 3.05) is 0 Å². The van der Waals surface area contributed by atoms with Crippen molar-refractivity contribution >= 4 is 11.6 Å². The number of aryl methyl sites for hydroxylation is 1. The van der Waals surface area contributed by atoms with Crippen LogP contribution in [0, 0.1) is 6.92 Å². The Labute approximate surface area is 95.2 Å². The van der Waals surface area contributed by atoms with E-state index in [4.69, 9.17) is 17.3 Å². The Morgan fingerprint density at radius 1 is 1.20 bits per heavy atom. The smallest absolute Gasteiger partial charge is 0.128 e. The van der Waals surface area contributed by atoms with Crippen LogP contribution < -0.4 is 5.73 Å². The van der Waals surface area contributed by atoms with Crippen molar-refractivity contribution < 1.29 is 0 Å². The molecule has 15 heavy (non-hydrogen) atoms. The van der Waals surface area contributed by atoms with Crippen LogP contribution in [0.15, 0.2) is 48.6 Å². The molecule has 0 heterocycles. The Balaban J connectivity index is 2.29. The first kappa shape index (κ1) is 10.5. The van der Waals surface area contributed by atoms with Crippen LogP contribution in [0.2, 0.25) is 0 Å². The van der Waals surface area contributed by atoms with Gasteiger partial charge < -0.3 is 5.73 Å². The molecular formula is C13H14ClN. The Bertz CT molecular complexity index is 402. The molecule has 1 aliphatic rings. The summed E-state index contributed by atoms with van der Waals surface area (Å²) in [6, 6.07) is 8.34. The maximum Gasteiger partial charge on any atom is 0.128 e. The molecule has 1 aliphatic carbocycles. The van der Waals surface area contributed by atoms with Crippen molar-refractivity contribution in [3.8, 4) is 0 Å². The first-order chi connectivity index (χ1) is 7.08. The molecule has 0 radical (unpaired) electrons. The maximum atomic E-state index is 5.97. The highest BCUT2D eigenvalue weighted by Gasteiger charge is 2.19. The van der Waals surface area contributed by atoms with Crippen molar-refractivity contribution in [3.63, 3.8) is 0 Å². The molecule has 0 amide bonds. The number of halogens is 1. The summed E-state index contributed by atoms with van der Waals surface area (Å²) in [6.45, 7) is 2.11. The molecule has 1 nitrogen and oxygen atoms in total. The molecule has 0 spiro atoms. The fourth-order valence-corrected chi connectivity index (χ4v) is 1.94. The van der Waals surface area contributed by atoms with Gasteiger partial charge in [0.25, 0.3) is 0 Å². The Morgan fingerprint density at radius 3 is 2.40 bits per heavy atom. The average molecular weight is 220 g/mol. The zero-order chi connectivity index (χ0) is 10.9. The first-order valence-electron chi connectivity index (χ1n) is 5.00. The predicted molar refractivity (Wildman–Crippen MR) is 65.0 cm³/mol. The monoisotopic (exact) mass is 219 g/mol. The number of allylic oxidation sites excluding steroid dienone is 2. The Morgan fingerprint density at radius 2 is 1.80 bits per heavy atom. The summed E-state index contributed by atoms with van der Waals surface area (Å²) in [6.07, 6.45) is 7.78. The normalized spacial score (nSPS) is 29.4. The van der Waals surface area contributed by atoms with Crippen LogP contribution in [-0.2, 0) is 0 Å². The molecule has 1 aromatic rings. The highest BCUT2D eigenvalue weighted by molar-refractivity contribution is 6.26. The predicted octanol–water partition coefficient (Wildman–Crippen LogP) is 3.10. The van der Waals surface area contributed by atoms with Crippen LogP contribution in [-0.4, -0.2) is 5.00 Å². The van der Waals surface area contributed by atoms with Crippen LogP contribution >= 0.6 is 11.6 Å². The molecule has 0 saturated carbocycles. The summed E-state index contributed by atoms with van der Waals surface area (Å²) in [5, 5.41) is 0. The molecule has 78 valence electrons. The standard InChI is InChI=1S/C13H14ClN/c1-10-4-2-3-5-12(10)11-6-8-13(14,15)9-7-11/h2-9,11H,15H2,1H3. The minimum Gasteiger partial charge on any atom is -0.306 e. The second-order valence-electron chi connectivity index (χ2n) is 3.93. The van der Waals surface area contributed by atoms with Gasteiger partial charge in [-0.2, -0.15) is 0 Å². The molecule has 0 aliphatic heterocycles. The third-order valence-electron chi connectivity index (χ3n) is 2.67. The quantitative estimate of drug-likeness (QED) is 0.439. The van der Waals surface area contributed by atoms with Gasteiger partial charge in [-0.1, -0.05) is 48.0 Å². The third-order valence-corrected chi connectivity index (χ3v) is 2.92. The minimum atomic E-state index is -0.806. The van der Waals surface area contributed by atoms with E-state index in [9.17, 15) is 0 Å². The summed E-state index contributed by atoms with van der Waals surface area (Å²) in [4.78, 5) is -0.806. The average Bonchev–Trinajstić information content (AvgIpc) is 2.19. The number of hydrogen-bond acceptors (Lipinski definition) is 1. The van der Waals surface area contributed by atoms with Gasteiger partial charge in [-0.05, 0) is 30.2 Å². The van der Waals surface area contributed by atoms with Crippen LogP contribution in [0.1, 0.15) is 17.0 Å². The SMILES string of the molecule is Cc1ccccc1C1C=CC(N)(Cl)C=C1. The summed E-state index contributed by atoms with van der Waals surface area (Å²) < 4.78 is 0. The molecule has 0 atom stereocenters. The molecule has 2 heteroatoms. The van der Waals surface area contributed by atoms with Crippen LogP contribution in [0.5, 0.6) is 0 Å². The van der Waals surface area contributed by atoms with Crippen LogP contribution in [0.3, 0.4) is 0 Å². The number of benzene rings is 1. The lowest BCUT2D eigenvalue weighted by Crippen LogP contribution is -2.29. The number of nitrogens with two attached hydrogens (primary N) is 1. The van der Waals surface area contributed by atoms with E-state index in [0.29, 0.717) is 5.92 Å². The molecule has 2 rings (SSSR count). The molecule has 1 aromatic carbocycles. The number of rotatable bonds is 1. The zero-order valence-electron chi connectivity index (χ0n) is 8.65. The van der Waals surface area contributed by atoms with E-state index in [2.05, 4.69) is 37.3 Å². The van der Waals surface area contributed by atoms with Crippen LogP contribution in [0.4, 0.5) is 0 Å². The van der Waals surface area contributed by atoms with E-state index in [1.165, 1.54) is 11.1 Å². The van der Waals surface area contributed by atoms with Gasteiger partial charge in [0.05, 0.1) is 0 Å². The maximum absolute atomic E-state index is 5.97. The largest absolute Gasteiger partial charge is 0.306 e. The fourth-order valence-electron chi connectivity index (χ4n) is 1.79. The lowest BCUT2D eigenvalue weighted by Gasteiger charge is -2.21. The topological polar surface area (TPSA) is 26.0 Å². The zero-order valence-corrected chi connectivity index (χ0v) is 9.41. The Kier molecular flexibility index (Phi) is 2.68. The lowest BCUT2D eigenvalue weighted by molar-refractivity contribution is 0.872. The lowest BCUT2D eigenvalue weighted by atomic mass is 9.90. The van der Waals surface area contributed by atoms with Gasteiger partial charge in [-0.25, -0.2) is 0 Å². The van der Waals surface area contributed by atoms with Crippen molar-refractivity contribution in [2.24, 2.45) is 5.73 Å². The van der Waals surface area contributed by atoms with Gasteiger partial charge in [-0.15, -0.1) is 0 Å². The first-order valence-corrected chi connectivity index (χ1v) is 5.38. The number of alkyl halides is 1. The number of hydrogen-bond donors (Lipinski definition) is 1. The van der Waals surface area contributed by atoms with E-state index >= 15 is 0 Å². The van der Waals surface area contributed by atoms with Crippen molar-refractivity contribution in [3.05, 3.63) is 59.7 Å².